The summed E-state index contributed by atoms with van der Waals surface area (Å²) in [5, 5.41) is 3.36. The quantitative estimate of drug-likeness (QED) is 0.764. The minimum atomic E-state index is 0.583. The van der Waals surface area contributed by atoms with Gasteiger partial charge in [-0.3, -0.25) is 0 Å². The van der Waals surface area contributed by atoms with Crippen molar-refractivity contribution in [1.82, 2.24) is 14.9 Å². The van der Waals surface area contributed by atoms with Crippen molar-refractivity contribution in [2.45, 2.75) is 39.3 Å². The highest BCUT2D eigenvalue weighted by Crippen LogP contribution is 2.46. The van der Waals surface area contributed by atoms with Crippen LogP contribution >= 0.6 is 0 Å². The zero-order chi connectivity index (χ0) is 9.60. The summed E-state index contributed by atoms with van der Waals surface area (Å²) in [4.78, 5) is 4.47. The Kier molecular flexibility index (Phi) is 1.71. The number of hydrogen-bond donors (Lipinski definition) is 1. The molecular weight excluding hydrogens is 174 g/mol. The topological polar surface area (TPSA) is 29.9 Å². The second-order valence-electron chi connectivity index (χ2n) is 5.00. The molecular formula is C11H17N3. The lowest BCUT2D eigenvalue weighted by molar-refractivity contribution is 0.448. The molecule has 3 nitrogen and oxygen atoms in total. The highest BCUT2D eigenvalue weighted by molar-refractivity contribution is 5.16. The van der Waals surface area contributed by atoms with E-state index < -0.39 is 0 Å². The van der Waals surface area contributed by atoms with Gasteiger partial charge in [-0.05, 0) is 18.3 Å². The Morgan fingerprint density at radius 3 is 3.21 bits per heavy atom. The van der Waals surface area contributed by atoms with Crippen LogP contribution in [0.5, 0.6) is 0 Å². The maximum Gasteiger partial charge on any atom is 0.0952 e. The van der Waals surface area contributed by atoms with E-state index in [-0.39, 0.29) is 0 Å². The molecule has 14 heavy (non-hydrogen) atoms. The van der Waals surface area contributed by atoms with Gasteiger partial charge in [-0.1, -0.05) is 6.92 Å². The Bertz CT molecular complexity index is 349. The molecule has 1 aromatic rings. The number of hydrogen-bond acceptors (Lipinski definition) is 2. The van der Waals surface area contributed by atoms with Crippen LogP contribution < -0.4 is 5.32 Å². The van der Waals surface area contributed by atoms with Crippen molar-refractivity contribution in [2.75, 3.05) is 6.54 Å². The van der Waals surface area contributed by atoms with Crippen LogP contribution in [0.15, 0.2) is 6.33 Å². The standard InChI is InChI=1S/C11H17N3/c1-11(3-4-11)7-14-8-13-9-6-12-5-2-10(9)14/h8,12H,2-7H2,1H3. The number of fused-ring (bicyclic) bond motifs is 1. The molecule has 1 aromatic heterocycles. The van der Waals surface area contributed by atoms with E-state index in [1.807, 2.05) is 6.33 Å². The molecule has 0 spiro atoms. The summed E-state index contributed by atoms with van der Waals surface area (Å²) in [7, 11) is 0. The number of aromatic nitrogens is 2. The maximum atomic E-state index is 4.47. The number of imidazole rings is 1. The van der Waals surface area contributed by atoms with Crippen LogP contribution in [-0.4, -0.2) is 16.1 Å². The van der Waals surface area contributed by atoms with Crippen molar-refractivity contribution in [3.8, 4) is 0 Å². The predicted molar refractivity (Wildman–Crippen MR) is 55.0 cm³/mol. The molecule has 0 aromatic carbocycles. The van der Waals surface area contributed by atoms with Crippen LogP contribution in [0.1, 0.15) is 31.2 Å². The van der Waals surface area contributed by atoms with Gasteiger partial charge in [-0.15, -0.1) is 0 Å². The Morgan fingerprint density at radius 2 is 2.43 bits per heavy atom. The molecule has 0 saturated heterocycles. The maximum absolute atomic E-state index is 4.47. The molecule has 0 unspecified atom stereocenters. The molecule has 2 heterocycles. The zero-order valence-electron chi connectivity index (χ0n) is 8.71. The molecule has 1 aliphatic carbocycles. The van der Waals surface area contributed by atoms with Crippen molar-refractivity contribution in [2.24, 2.45) is 5.41 Å². The number of nitrogens with one attached hydrogen (secondary N) is 1. The third-order valence-corrected chi connectivity index (χ3v) is 3.52. The molecule has 0 radical (unpaired) electrons. The predicted octanol–water partition coefficient (Wildman–Crippen LogP) is 1.33. The van der Waals surface area contributed by atoms with E-state index in [0.717, 1.165) is 19.5 Å². The Hall–Kier alpha value is -0.830. The highest BCUT2D eigenvalue weighted by atomic mass is 15.1. The highest BCUT2D eigenvalue weighted by Gasteiger charge is 2.38. The zero-order valence-corrected chi connectivity index (χ0v) is 8.71. The second-order valence-corrected chi connectivity index (χ2v) is 5.00. The Labute approximate surface area is 84.5 Å². The molecule has 1 aliphatic heterocycles. The average Bonchev–Trinajstić information content (AvgIpc) is 2.77. The molecule has 2 aliphatic rings. The van der Waals surface area contributed by atoms with Gasteiger partial charge in [0.05, 0.1) is 12.0 Å². The van der Waals surface area contributed by atoms with Crippen molar-refractivity contribution in [3.05, 3.63) is 17.7 Å². The molecule has 1 fully saturated rings. The summed E-state index contributed by atoms with van der Waals surface area (Å²) in [6, 6.07) is 0. The first-order valence-corrected chi connectivity index (χ1v) is 5.50. The molecule has 0 atom stereocenters. The van der Waals surface area contributed by atoms with E-state index in [9.17, 15) is 0 Å². The summed E-state index contributed by atoms with van der Waals surface area (Å²) in [5.74, 6) is 0. The van der Waals surface area contributed by atoms with Crippen LogP contribution in [0.4, 0.5) is 0 Å². The third kappa shape index (κ3) is 1.36. The van der Waals surface area contributed by atoms with Gasteiger partial charge in [0, 0.05) is 31.7 Å². The van der Waals surface area contributed by atoms with Gasteiger partial charge in [0.25, 0.3) is 0 Å². The lowest BCUT2D eigenvalue weighted by atomic mass is 10.1. The number of nitrogens with zero attached hydrogens (tertiary/aromatic N) is 2. The minimum absolute atomic E-state index is 0.583. The van der Waals surface area contributed by atoms with Crippen LogP contribution in [0, 0.1) is 5.41 Å². The van der Waals surface area contributed by atoms with E-state index in [0.29, 0.717) is 5.41 Å². The lowest BCUT2D eigenvalue weighted by Gasteiger charge is -2.17. The minimum Gasteiger partial charge on any atom is -0.334 e. The van der Waals surface area contributed by atoms with E-state index in [2.05, 4.69) is 21.8 Å². The monoisotopic (exact) mass is 191 g/mol. The van der Waals surface area contributed by atoms with Gasteiger partial charge in [-0.2, -0.15) is 0 Å². The first kappa shape index (κ1) is 8.48. The fraction of sp³-hybridized carbons (Fsp3) is 0.727. The van der Waals surface area contributed by atoms with Gasteiger partial charge < -0.3 is 9.88 Å². The summed E-state index contributed by atoms with van der Waals surface area (Å²) in [5.41, 5.74) is 3.32. The van der Waals surface area contributed by atoms with Gasteiger partial charge >= 0.3 is 0 Å². The van der Waals surface area contributed by atoms with Crippen LogP contribution in [0.2, 0.25) is 0 Å². The van der Waals surface area contributed by atoms with Gasteiger partial charge in [0.1, 0.15) is 0 Å². The van der Waals surface area contributed by atoms with E-state index >= 15 is 0 Å². The molecule has 3 heteroatoms. The first-order valence-electron chi connectivity index (χ1n) is 5.50. The van der Waals surface area contributed by atoms with Crippen LogP contribution in [-0.2, 0) is 19.5 Å². The van der Waals surface area contributed by atoms with Crippen LogP contribution in [0.25, 0.3) is 0 Å². The van der Waals surface area contributed by atoms with Crippen molar-refractivity contribution >= 4 is 0 Å². The summed E-state index contributed by atoms with van der Waals surface area (Å²) >= 11 is 0. The molecule has 0 bridgehead atoms. The molecule has 3 rings (SSSR count). The molecule has 0 amide bonds. The van der Waals surface area contributed by atoms with E-state index in [1.54, 1.807) is 0 Å². The normalized spacial score (nSPS) is 23.2. The molecule has 1 N–H and O–H groups in total. The summed E-state index contributed by atoms with van der Waals surface area (Å²) < 4.78 is 2.38. The third-order valence-electron chi connectivity index (χ3n) is 3.52. The van der Waals surface area contributed by atoms with Gasteiger partial charge in [-0.25, -0.2) is 4.98 Å². The Morgan fingerprint density at radius 1 is 1.57 bits per heavy atom. The Balaban J connectivity index is 1.87. The summed E-state index contributed by atoms with van der Waals surface area (Å²) in [6.07, 6.45) is 5.95. The fourth-order valence-corrected chi connectivity index (χ4v) is 2.22. The first-order chi connectivity index (χ1) is 6.77. The van der Waals surface area contributed by atoms with Crippen molar-refractivity contribution in [3.63, 3.8) is 0 Å². The fourth-order valence-electron chi connectivity index (χ4n) is 2.22. The van der Waals surface area contributed by atoms with Crippen molar-refractivity contribution in [1.29, 1.82) is 0 Å². The average molecular weight is 191 g/mol. The van der Waals surface area contributed by atoms with Gasteiger partial charge in [0.15, 0.2) is 0 Å². The van der Waals surface area contributed by atoms with Gasteiger partial charge in [0.2, 0.25) is 0 Å². The van der Waals surface area contributed by atoms with Crippen LogP contribution in [0.3, 0.4) is 0 Å². The largest absolute Gasteiger partial charge is 0.334 e. The number of rotatable bonds is 2. The molecule has 76 valence electrons. The summed E-state index contributed by atoms with van der Waals surface area (Å²) in [6.45, 7) is 5.62. The molecule has 1 saturated carbocycles. The van der Waals surface area contributed by atoms with Crippen molar-refractivity contribution < 1.29 is 0 Å². The smallest absolute Gasteiger partial charge is 0.0952 e. The second kappa shape index (κ2) is 2.83. The van der Waals surface area contributed by atoms with E-state index in [1.165, 1.54) is 30.8 Å². The lowest BCUT2D eigenvalue weighted by Crippen LogP contribution is -2.25. The SMILES string of the molecule is CC1(Cn2cnc3c2CCNC3)CC1. The van der Waals surface area contributed by atoms with E-state index in [4.69, 9.17) is 0 Å².